The number of hydrogen-bond acceptors (Lipinski definition) is 5. The summed E-state index contributed by atoms with van der Waals surface area (Å²) in [6, 6.07) is 8.47. The van der Waals surface area contributed by atoms with Crippen LogP contribution >= 0.6 is 0 Å². The fraction of sp³-hybridized carbons (Fsp3) is 0.467. The molecule has 1 amide bonds. The Morgan fingerprint density at radius 2 is 2.19 bits per heavy atom. The maximum atomic E-state index is 12.1. The van der Waals surface area contributed by atoms with E-state index in [4.69, 9.17) is 19.8 Å². The van der Waals surface area contributed by atoms with E-state index in [0.717, 1.165) is 0 Å². The molecule has 6 heteroatoms. The van der Waals surface area contributed by atoms with Crippen LogP contribution in [0, 0.1) is 11.3 Å². The molecular weight excluding hydrogens is 272 g/mol. The molecule has 0 saturated carbocycles. The van der Waals surface area contributed by atoms with Crippen LogP contribution in [0.3, 0.4) is 0 Å². The second-order valence-corrected chi connectivity index (χ2v) is 4.54. The third kappa shape index (κ3) is 5.42. The lowest BCUT2D eigenvalue weighted by Crippen LogP contribution is -2.44. The fourth-order valence-electron chi connectivity index (χ4n) is 1.78. The third-order valence-electron chi connectivity index (χ3n) is 2.87. The van der Waals surface area contributed by atoms with Crippen molar-refractivity contribution in [2.24, 2.45) is 0 Å². The standard InChI is InChI=1S/C15H20N2O4/c1-11(15(19)17-13(7-8-18)10-20-2)21-14-6-4-3-5-12(14)9-16/h3-6,11,13,18H,7-8,10H2,1-2H3,(H,17,19). The minimum atomic E-state index is -0.752. The van der Waals surface area contributed by atoms with Crippen LogP contribution in [0.15, 0.2) is 24.3 Å². The quantitative estimate of drug-likeness (QED) is 0.741. The van der Waals surface area contributed by atoms with Gasteiger partial charge in [0.2, 0.25) is 0 Å². The topological polar surface area (TPSA) is 91.6 Å². The van der Waals surface area contributed by atoms with Gasteiger partial charge in [0.25, 0.3) is 5.91 Å². The first-order chi connectivity index (χ1) is 10.1. The van der Waals surface area contributed by atoms with Crippen molar-refractivity contribution in [1.29, 1.82) is 5.26 Å². The minimum absolute atomic E-state index is 0.0409. The molecule has 0 saturated heterocycles. The highest BCUT2D eigenvalue weighted by Gasteiger charge is 2.19. The molecule has 1 rings (SSSR count). The summed E-state index contributed by atoms with van der Waals surface area (Å²) in [5.74, 6) is 0.0475. The maximum Gasteiger partial charge on any atom is 0.261 e. The Bertz CT molecular complexity index is 493. The summed E-state index contributed by atoms with van der Waals surface area (Å²) in [6.07, 6.45) is -0.348. The molecule has 0 radical (unpaired) electrons. The largest absolute Gasteiger partial charge is 0.480 e. The van der Waals surface area contributed by atoms with Crippen LogP contribution in [-0.4, -0.2) is 43.5 Å². The Morgan fingerprint density at radius 3 is 2.81 bits per heavy atom. The van der Waals surface area contributed by atoms with Gasteiger partial charge in [-0.25, -0.2) is 0 Å². The van der Waals surface area contributed by atoms with Gasteiger partial charge >= 0.3 is 0 Å². The number of benzene rings is 1. The monoisotopic (exact) mass is 292 g/mol. The summed E-state index contributed by atoms with van der Waals surface area (Å²) in [6.45, 7) is 1.88. The molecule has 0 aromatic heterocycles. The van der Waals surface area contributed by atoms with Gasteiger partial charge in [-0.2, -0.15) is 5.26 Å². The number of methoxy groups -OCH3 is 1. The van der Waals surface area contributed by atoms with Crippen LogP contribution < -0.4 is 10.1 Å². The van der Waals surface area contributed by atoms with Gasteiger partial charge < -0.3 is 19.9 Å². The first-order valence-electron chi connectivity index (χ1n) is 6.68. The summed E-state index contributed by atoms with van der Waals surface area (Å²) in [7, 11) is 1.53. The second-order valence-electron chi connectivity index (χ2n) is 4.54. The number of nitrogens with one attached hydrogen (secondary N) is 1. The molecule has 0 aliphatic heterocycles. The molecule has 1 aromatic rings. The number of hydrogen-bond donors (Lipinski definition) is 2. The average molecular weight is 292 g/mol. The molecule has 0 aliphatic carbocycles. The first kappa shape index (κ1) is 17.0. The molecule has 0 spiro atoms. The lowest BCUT2D eigenvalue weighted by molar-refractivity contribution is -0.128. The molecule has 114 valence electrons. The van der Waals surface area contributed by atoms with E-state index in [1.165, 1.54) is 7.11 Å². The van der Waals surface area contributed by atoms with Crippen molar-refractivity contribution < 1.29 is 19.4 Å². The van der Waals surface area contributed by atoms with Gasteiger partial charge in [0, 0.05) is 13.7 Å². The Labute approximate surface area is 124 Å². The molecule has 0 heterocycles. The lowest BCUT2D eigenvalue weighted by atomic mass is 10.2. The van der Waals surface area contributed by atoms with Gasteiger partial charge in [-0.05, 0) is 25.5 Å². The Hall–Kier alpha value is -2.10. The van der Waals surface area contributed by atoms with Crippen LogP contribution in [0.2, 0.25) is 0 Å². The Morgan fingerprint density at radius 1 is 1.48 bits per heavy atom. The molecule has 0 fully saturated rings. The van der Waals surface area contributed by atoms with Crippen LogP contribution in [0.25, 0.3) is 0 Å². The van der Waals surface area contributed by atoms with E-state index in [2.05, 4.69) is 5.32 Å². The summed E-state index contributed by atoms with van der Waals surface area (Å²) in [5.41, 5.74) is 0.376. The molecule has 2 N–H and O–H groups in total. The number of aliphatic hydroxyl groups is 1. The normalized spacial score (nSPS) is 13.0. The van der Waals surface area contributed by atoms with Gasteiger partial charge in [-0.1, -0.05) is 12.1 Å². The van der Waals surface area contributed by atoms with E-state index in [9.17, 15) is 4.79 Å². The maximum absolute atomic E-state index is 12.1. The lowest BCUT2D eigenvalue weighted by Gasteiger charge is -2.20. The number of aliphatic hydroxyl groups excluding tert-OH is 1. The molecule has 1 aromatic carbocycles. The average Bonchev–Trinajstić information content (AvgIpc) is 2.48. The summed E-state index contributed by atoms with van der Waals surface area (Å²) >= 11 is 0. The second kappa shape index (κ2) is 8.95. The SMILES string of the molecule is COCC(CCO)NC(=O)C(C)Oc1ccccc1C#N. The van der Waals surface area contributed by atoms with Crippen molar-refractivity contribution in [3.05, 3.63) is 29.8 Å². The number of carbonyl (C=O) groups excluding carboxylic acids is 1. The number of amides is 1. The van der Waals surface area contributed by atoms with E-state index in [1.54, 1.807) is 31.2 Å². The van der Waals surface area contributed by atoms with Gasteiger partial charge in [0.1, 0.15) is 11.8 Å². The Balaban J connectivity index is 2.63. The first-order valence-corrected chi connectivity index (χ1v) is 6.68. The van der Waals surface area contributed by atoms with Crippen molar-refractivity contribution in [2.75, 3.05) is 20.3 Å². The number of nitrogens with zero attached hydrogens (tertiary/aromatic N) is 1. The highest BCUT2D eigenvalue weighted by molar-refractivity contribution is 5.81. The van der Waals surface area contributed by atoms with Gasteiger partial charge in [0.15, 0.2) is 6.10 Å². The van der Waals surface area contributed by atoms with Gasteiger partial charge in [-0.3, -0.25) is 4.79 Å². The van der Waals surface area contributed by atoms with Crippen molar-refractivity contribution in [1.82, 2.24) is 5.32 Å². The zero-order valence-corrected chi connectivity index (χ0v) is 12.2. The molecule has 2 unspecified atom stereocenters. The van der Waals surface area contributed by atoms with Crippen molar-refractivity contribution in [2.45, 2.75) is 25.5 Å². The molecule has 0 aliphatic rings. The predicted octanol–water partition coefficient (Wildman–Crippen LogP) is 0.839. The number of para-hydroxylation sites is 1. The zero-order chi connectivity index (χ0) is 15.7. The number of ether oxygens (including phenoxy) is 2. The van der Waals surface area contributed by atoms with Crippen molar-refractivity contribution in [3.63, 3.8) is 0 Å². The van der Waals surface area contributed by atoms with Crippen molar-refractivity contribution in [3.8, 4) is 11.8 Å². The summed E-state index contributed by atoms with van der Waals surface area (Å²) in [5, 5.41) is 20.7. The van der Waals surface area contributed by atoms with Crippen LogP contribution in [0.5, 0.6) is 5.75 Å². The van der Waals surface area contributed by atoms with E-state index in [-0.39, 0.29) is 18.6 Å². The number of nitriles is 1. The van der Waals surface area contributed by atoms with Crippen molar-refractivity contribution >= 4 is 5.91 Å². The molecule has 2 atom stereocenters. The highest BCUT2D eigenvalue weighted by atomic mass is 16.5. The van der Waals surface area contributed by atoms with E-state index >= 15 is 0 Å². The van der Waals surface area contributed by atoms with Gasteiger partial charge in [0.05, 0.1) is 18.2 Å². The summed E-state index contributed by atoms with van der Waals surface area (Å²) < 4.78 is 10.5. The molecule has 21 heavy (non-hydrogen) atoms. The molecular formula is C15H20N2O4. The predicted molar refractivity (Wildman–Crippen MR) is 76.8 cm³/mol. The zero-order valence-electron chi connectivity index (χ0n) is 12.2. The van der Waals surface area contributed by atoms with E-state index < -0.39 is 6.10 Å². The minimum Gasteiger partial charge on any atom is -0.480 e. The molecule has 0 bridgehead atoms. The summed E-state index contributed by atoms with van der Waals surface area (Å²) in [4.78, 5) is 12.1. The van der Waals surface area contributed by atoms with Gasteiger partial charge in [-0.15, -0.1) is 0 Å². The fourth-order valence-corrected chi connectivity index (χ4v) is 1.78. The van der Waals surface area contributed by atoms with E-state index in [0.29, 0.717) is 24.3 Å². The Kier molecular flexibility index (Phi) is 7.23. The van der Waals surface area contributed by atoms with Crippen LogP contribution in [0.4, 0.5) is 0 Å². The van der Waals surface area contributed by atoms with E-state index in [1.807, 2.05) is 6.07 Å². The van der Waals surface area contributed by atoms with Crippen LogP contribution in [-0.2, 0) is 9.53 Å². The number of rotatable bonds is 8. The highest BCUT2D eigenvalue weighted by Crippen LogP contribution is 2.18. The molecule has 6 nitrogen and oxygen atoms in total. The smallest absolute Gasteiger partial charge is 0.261 e. The third-order valence-corrected chi connectivity index (χ3v) is 2.87. The van der Waals surface area contributed by atoms with Crippen LogP contribution in [0.1, 0.15) is 18.9 Å². The number of carbonyl (C=O) groups is 1.